The normalized spacial score (nSPS) is 15.5. The molecule has 160 valence electrons. The van der Waals surface area contributed by atoms with Crippen LogP contribution in [-0.2, 0) is 10.0 Å². The monoisotopic (exact) mass is 435 g/mol. The first-order valence-corrected chi connectivity index (χ1v) is 11.7. The van der Waals surface area contributed by atoms with Gasteiger partial charge in [-0.1, -0.05) is 36.4 Å². The summed E-state index contributed by atoms with van der Waals surface area (Å²) in [6.45, 7) is 5.90. The molecule has 1 aliphatic heterocycles. The van der Waals surface area contributed by atoms with Crippen molar-refractivity contribution in [3.63, 3.8) is 0 Å². The van der Waals surface area contributed by atoms with Crippen molar-refractivity contribution in [2.24, 2.45) is 0 Å². The number of rotatable bonds is 5. The highest BCUT2D eigenvalue weighted by molar-refractivity contribution is 7.92. The summed E-state index contributed by atoms with van der Waals surface area (Å²) in [7, 11) is -3.47. The second-order valence-corrected chi connectivity index (χ2v) is 9.26. The van der Waals surface area contributed by atoms with Gasteiger partial charge in [0.15, 0.2) is 5.82 Å². The summed E-state index contributed by atoms with van der Waals surface area (Å²) in [4.78, 5) is 15.8. The number of hydrogen-bond acceptors (Lipinski definition) is 6. The van der Waals surface area contributed by atoms with Gasteiger partial charge in [-0.05, 0) is 37.6 Å². The SMILES string of the molecule is Cc1nc(-c2ccccn2)nc(N2CCN(S(=O)(=O)/C=C/c3ccccc3)CC2)c1C. The highest BCUT2D eigenvalue weighted by atomic mass is 32.2. The molecule has 8 heteroatoms. The van der Waals surface area contributed by atoms with Crippen LogP contribution in [0.4, 0.5) is 5.82 Å². The molecule has 0 atom stereocenters. The third-order valence-electron chi connectivity index (χ3n) is 5.39. The molecule has 0 radical (unpaired) electrons. The number of anilines is 1. The van der Waals surface area contributed by atoms with Crippen LogP contribution in [0.25, 0.3) is 17.6 Å². The van der Waals surface area contributed by atoms with Gasteiger partial charge in [0.2, 0.25) is 10.0 Å². The van der Waals surface area contributed by atoms with E-state index in [2.05, 4.69) is 14.9 Å². The van der Waals surface area contributed by atoms with E-state index in [-0.39, 0.29) is 0 Å². The maximum atomic E-state index is 12.7. The maximum Gasteiger partial charge on any atom is 0.236 e. The fourth-order valence-electron chi connectivity index (χ4n) is 3.50. The zero-order valence-electron chi connectivity index (χ0n) is 17.6. The molecular formula is C23H25N5O2S. The molecule has 1 aromatic carbocycles. The predicted octanol–water partition coefficient (Wildman–Crippen LogP) is 3.28. The Kier molecular flexibility index (Phi) is 6.11. The van der Waals surface area contributed by atoms with Crippen molar-refractivity contribution in [1.82, 2.24) is 19.3 Å². The Morgan fingerprint density at radius 2 is 1.61 bits per heavy atom. The van der Waals surface area contributed by atoms with Gasteiger partial charge in [0.25, 0.3) is 0 Å². The van der Waals surface area contributed by atoms with Crippen LogP contribution >= 0.6 is 0 Å². The van der Waals surface area contributed by atoms with Crippen molar-refractivity contribution in [3.8, 4) is 11.5 Å². The topological polar surface area (TPSA) is 79.3 Å². The number of sulfonamides is 1. The van der Waals surface area contributed by atoms with Crippen LogP contribution in [-0.4, -0.2) is 53.9 Å². The van der Waals surface area contributed by atoms with Crippen LogP contribution < -0.4 is 4.90 Å². The Morgan fingerprint density at radius 3 is 2.29 bits per heavy atom. The quantitative estimate of drug-likeness (QED) is 0.612. The summed E-state index contributed by atoms with van der Waals surface area (Å²) in [5.74, 6) is 1.42. The molecule has 0 aliphatic carbocycles. The molecule has 1 aliphatic rings. The van der Waals surface area contributed by atoms with Crippen molar-refractivity contribution in [1.29, 1.82) is 0 Å². The minimum absolute atomic E-state index is 0.406. The summed E-state index contributed by atoms with van der Waals surface area (Å²) in [6, 6.07) is 15.1. The van der Waals surface area contributed by atoms with Crippen LogP contribution in [0.3, 0.4) is 0 Å². The molecule has 0 amide bonds. The summed E-state index contributed by atoms with van der Waals surface area (Å²) in [5.41, 5.74) is 3.48. The Morgan fingerprint density at radius 1 is 0.903 bits per heavy atom. The molecule has 0 bridgehead atoms. The van der Waals surface area contributed by atoms with Gasteiger partial charge in [-0.15, -0.1) is 0 Å². The van der Waals surface area contributed by atoms with Gasteiger partial charge < -0.3 is 4.90 Å². The average molecular weight is 436 g/mol. The van der Waals surface area contributed by atoms with Crippen LogP contribution in [0.2, 0.25) is 0 Å². The molecule has 2 aromatic heterocycles. The standard InChI is InChI=1S/C23H25N5O2S/c1-18-19(2)25-22(21-10-6-7-12-24-21)26-23(18)27-13-15-28(16-14-27)31(29,30)17-11-20-8-4-3-5-9-20/h3-12,17H,13-16H2,1-2H3/b17-11+. The Balaban J connectivity index is 1.50. The summed E-state index contributed by atoms with van der Waals surface area (Å²) >= 11 is 0. The van der Waals surface area contributed by atoms with Crippen LogP contribution in [0.1, 0.15) is 16.8 Å². The molecule has 0 saturated carbocycles. The van der Waals surface area contributed by atoms with E-state index in [1.807, 2.05) is 62.4 Å². The smallest absolute Gasteiger partial charge is 0.236 e. The highest BCUT2D eigenvalue weighted by Gasteiger charge is 2.27. The van der Waals surface area contributed by atoms with E-state index < -0.39 is 10.0 Å². The Bertz CT molecular complexity index is 1170. The first-order valence-electron chi connectivity index (χ1n) is 10.2. The number of nitrogens with zero attached hydrogens (tertiary/aromatic N) is 5. The van der Waals surface area contributed by atoms with Gasteiger partial charge in [0.05, 0.1) is 0 Å². The molecule has 1 fully saturated rings. The largest absolute Gasteiger partial charge is 0.354 e. The molecule has 31 heavy (non-hydrogen) atoms. The number of aromatic nitrogens is 3. The number of aryl methyl sites for hydroxylation is 1. The maximum absolute atomic E-state index is 12.7. The minimum Gasteiger partial charge on any atom is -0.354 e. The third-order valence-corrected chi connectivity index (χ3v) is 6.95. The first-order chi connectivity index (χ1) is 14.9. The van der Waals surface area contributed by atoms with E-state index in [4.69, 9.17) is 4.98 Å². The van der Waals surface area contributed by atoms with Crippen LogP contribution in [0.15, 0.2) is 60.1 Å². The van der Waals surface area contributed by atoms with Crippen molar-refractivity contribution < 1.29 is 8.42 Å². The fourth-order valence-corrected chi connectivity index (χ4v) is 4.67. The summed E-state index contributed by atoms with van der Waals surface area (Å²) in [6.07, 6.45) is 3.36. The second-order valence-electron chi connectivity index (χ2n) is 7.44. The molecule has 3 aromatic rings. The van der Waals surface area contributed by atoms with Crippen LogP contribution in [0.5, 0.6) is 0 Å². The lowest BCUT2D eigenvalue weighted by atomic mass is 10.2. The lowest BCUT2D eigenvalue weighted by Crippen LogP contribution is -2.48. The molecule has 1 saturated heterocycles. The second kappa shape index (κ2) is 8.95. The highest BCUT2D eigenvalue weighted by Crippen LogP contribution is 2.25. The zero-order valence-corrected chi connectivity index (χ0v) is 18.5. The number of pyridine rings is 1. The van der Waals surface area contributed by atoms with E-state index in [1.165, 1.54) is 9.71 Å². The van der Waals surface area contributed by atoms with Crippen molar-refractivity contribution in [2.75, 3.05) is 31.1 Å². The summed E-state index contributed by atoms with van der Waals surface area (Å²) in [5, 5.41) is 1.29. The molecule has 3 heterocycles. The van der Waals surface area contributed by atoms with E-state index in [0.717, 1.165) is 28.3 Å². The number of piperazine rings is 1. The Hall–Kier alpha value is -3.10. The number of hydrogen-bond donors (Lipinski definition) is 0. The molecule has 4 rings (SSSR count). The van der Waals surface area contributed by atoms with Crippen molar-refractivity contribution in [3.05, 3.63) is 77.0 Å². The van der Waals surface area contributed by atoms with E-state index in [0.29, 0.717) is 32.0 Å². The first kappa shape index (κ1) is 21.1. The van der Waals surface area contributed by atoms with Gasteiger partial charge in [-0.2, -0.15) is 4.31 Å². The molecule has 0 unspecified atom stereocenters. The molecular weight excluding hydrogens is 410 g/mol. The minimum atomic E-state index is -3.47. The predicted molar refractivity (Wildman–Crippen MR) is 123 cm³/mol. The lowest BCUT2D eigenvalue weighted by Gasteiger charge is -2.35. The van der Waals surface area contributed by atoms with Crippen molar-refractivity contribution in [2.45, 2.75) is 13.8 Å². The zero-order chi connectivity index (χ0) is 21.8. The van der Waals surface area contributed by atoms with Gasteiger partial charge in [0, 0.05) is 49.0 Å². The lowest BCUT2D eigenvalue weighted by molar-refractivity contribution is 0.388. The number of benzene rings is 1. The van der Waals surface area contributed by atoms with Gasteiger partial charge >= 0.3 is 0 Å². The van der Waals surface area contributed by atoms with E-state index in [9.17, 15) is 8.42 Å². The molecule has 7 nitrogen and oxygen atoms in total. The van der Waals surface area contributed by atoms with E-state index in [1.54, 1.807) is 12.3 Å². The third kappa shape index (κ3) is 4.81. The van der Waals surface area contributed by atoms with Gasteiger partial charge in [-0.3, -0.25) is 4.98 Å². The average Bonchev–Trinajstić information content (AvgIpc) is 2.81. The van der Waals surface area contributed by atoms with Crippen LogP contribution in [0, 0.1) is 13.8 Å². The fraction of sp³-hybridized carbons (Fsp3) is 0.261. The summed E-state index contributed by atoms with van der Waals surface area (Å²) < 4.78 is 27.0. The van der Waals surface area contributed by atoms with E-state index >= 15 is 0 Å². The van der Waals surface area contributed by atoms with Gasteiger partial charge in [0.1, 0.15) is 11.5 Å². The molecule has 0 spiro atoms. The van der Waals surface area contributed by atoms with Crippen molar-refractivity contribution >= 4 is 21.9 Å². The molecule has 0 N–H and O–H groups in total. The van der Waals surface area contributed by atoms with Gasteiger partial charge in [-0.25, -0.2) is 18.4 Å². The Labute approximate surface area is 183 Å².